The third-order valence-electron chi connectivity index (χ3n) is 3.20. The van der Waals surface area contributed by atoms with Gasteiger partial charge in [0.25, 0.3) is 0 Å². The number of benzene rings is 1. The molecular weight excluding hydrogens is 214 g/mol. The average Bonchev–Trinajstić information content (AvgIpc) is 2.28. The van der Waals surface area contributed by atoms with Crippen LogP contribution < -0.4 is 5.32 Å². The summed E-state index contributed by atoms with van der Waals surface area (Å²) in [6, 6.07) is 9.41. The Morgan fingerprint density at radius 1 is 1.41 bits per heavy atom. The van der Waals surface area contributed by atoms with Crippen molar-refractivity contribution >= 4 is 11.7 Å². The number of esters is 1. The Labute approximate surface area is 102 Å². The van der Waals surface area contributed by atoms with Gasteiger partial charge in [0.2, 0.25) is 0 Å². The molecule has 92 valence electrons. The molecule has 1 aromatic rings. The van der Waals surface area contributed by atoms with Gasteiger partial charge in [0.05, 0.1) is 6.61 Å². The second-order valence-electron chi connectivity index (χ2n) is 4.66. The molecule has 3 nitrogen and oxygen atoms in total. The second kappa shape index (κ2) is 5.71. The molecule has 17 heavy (non-hydrogen) atoms. The van der Waals surface area contributed by atoms with Crippen LogP contribution in [0.4, 0.5) is 5.69 Å². The van der Waals surface area contributed by atoms with Crippen molar-refractivity contribution in [2.24, 2.45) is 5.92 Å². The lowest BCUT2D eigenvalue weighted by atomic mass is 9.86. The Balaban J connectivity index is 1.74. The van der Waals surface area contributed by atoms with Crippen LogP contribution in [0, 0.1) is 5.92 Å². The molecule has 1 aromatic carbocycles. The molecular formula is C14H19NO2. The van der Waals surface area contributed by atoms with Gasteiger partial charge < -0.3 is 10.1 Å². The third-order valence-corrected chi connectivity index (χ3v) is 3.20. The fourth-order valence-corrected chi connectivity index (χ4v) is 1.83. The second-order valence-corrected chi connectivity index (χ2v) is 4.66. The number of hydrogen-bond acceptors (Lipinski definition) is 3. The first-order chi connectivity index (χ1) is 8.25. The van der Waals surface area contributed by atoms with E-state index in [0.717, 1.165) is 5.69 Å². The minimum absolute atomic E-state index is 0.166. The molecule has 1 aliphatic carbocycles. The number of ether oxygens (including phenoxy) is 1. The van der Waals surface area contributed by atoms with Gasteiger partial charge in [0.15, 0.2) is 0 Å². The number of nitrogens with one attached hydrogen (secondary N) is 1. The van der Waals surface area contributed by atoms with Gasteiger partial charge in [-0.05, 0) is 37.8 Å². The first kappa shape index (κ1) is 12.0. The van der Waals surface area contributed by atoms with Crippen LogP contribution >= 0.6 is 0 Å². The van der Waals surface area contributed by atoms with Gasteiger partial charge in [-0.25, -0.2) is 4.79 Å². The minimum Gasteiger partial charge on any atom is -0.464 e. The predicted molar refractivity (Wildman–Crippen MR) is 67.8 cm³/mol. The summed E-state index contributed by atoms with van der Waals surface area (Å²) in [5, 5.41) is 3.13. The van der Waals surface area contributed by atoms with E-state index in [2.05, 4.69) is 5.32 Å². The van der Waals surface area contributed by atoms with Crippen molar-refractivity contribution in [2.75, 3.05) is 11.9 Å². The van der Waals surface area contributed by atoms with Crippen LogP contribution in [0.5, 0.6) is 0 Å². The number of hydrogen-bond donors (Lipinski definition) is 1. The van der Waals surface area contributed by atoms with Gasteiger partial charge in [-0.3, -0.25) is 0 Å². The summed E-state index contributed by atoms with van der Waals surface area (Å²) in [6.07, 6.45) is 3.68. The summed E-state index contributed by atoms with van der Waals surface area (Å²) in [5.74, 6) is 0.434. The molecule has 3 heteroatoms. The molecule has 0 amide bonds. The van der Waals surface area contributed by atoms with Crippen LogP contribution in [-0.4, -0.2) is 18.6 Å². The summed E-state index contributed by atoms with van der Waals surface area (Å²) in [6.45, 7) is 2.41. The smallest absolute Gasteiger partial charge is 0.328 e. The molecule has 0 heterocycles. The molecule has 1 fully saturated rings. The highest BCUT2D eigenvalue weighted by Gasteiger charge is 2.21. The van der Waals surface area contributed by atoms with Gasteiger partial charge in [0, 0.05) is 5.69 Å². The third kappa shape index (κ3) is 3.48. The maximum Gasteiger partial charge on any atom is 0.328 e. The molecule has 1 atom stereocenters. The van der Waals surface area contributed by atoms with Gasteiger partial charge >= 0.3 is 5.97 Å². The molecule has 0 aromatic heterocycles. The largest absolute Gasteiger partial charge is 0.464 e. The van der Waals surface area contributed by atoms with Crippen molar-refractivity contribution in [3.63, 3.8) is 0 Å². The number of carbonyl (C=O) groups is 1. The Morgan fingerprint density at radius 2 is 2.12 bits per heavy atom. The summed E-state index contributed by atoms with van der Waals surface area (Å²) >= 11 is 0. The van der Waals surface area contributed by atoms with Crippen molar-refractivity contribution in [3.8, 4) is 0 Å². The molecule has 0 saturated heterocycles. The van der Waals surface area contributed by atoms with E-state index in [4.69, 9.17) is 4.74 Å². The lowest BCUT2D eigenvalue weighted by molar-refractivity contribution is -0.146. The van der Waals surface area contributed by atoms with E-state index in [9.17, 15) is 4.79 Å². The quantitative estimate of drug-likeness (QED) is 0.795. The molecule has 1 aliphatic rings. The van der Waals surface area contributed by atoms with Crippen LogP contribution in [0.1, 0.15) is 26.2 Å². The lowest BCUT2D eigenvalue weighted by Gasteiger charge is -2.25. The van der Waals surface area contributed by atoms with Gasteiger partial charge in [-0.2, -0.15) is 0 Å². The fourth-order valence-electron chi connectivity index (χ4n) is 1.83. The lowest BCUT2D eigenvalue weighted by Crippen LogP contribution is -2.30. The van der Waals surface area contributed by atoms with Crippen molar-refractivity contribution < 1.29 is 9.53 Å². The van der Waals surface area contributed by atoms with E-state index in [1.807, 2.05) is 37.3 Å². The maximum absolute atomic E-state index is 11.7. The molecule has 1 N–H and O–H groups in total. The van der Waals surface area contributed by atoms with E-state index < -0.39 is 0 Å². The maximum atomic E-state index is 11.7. The number of para-hydroxylation sites is 1. The highest BCUT2D eigenvalue weighted by atomic mass is 16.5. The molecule has 0 bridgehead atoms. The van der Waals surface area contributed by atoms with Gasteiger partial charge in [-0.1, -0.05) is 24.6 Å². The Hall–Kier alpha value is -1.51. The zero-order valence-corrected chi connectivity index (χ0v) is 10.2. The van der Waals surface area contributed by atoms with E-state index >= 15 is 0 Å². The number of carbonyl (C=O) groups excluding carboxylic acids is 1. The van der Waals surface area contributed by atoms with E-state index in [1.165, 1.54) is 19.3 Å². The Morgan fingerprint density at radius 3 is 2.71 bits per heavy atom. The fraction of sp³-hybridized carbons (Fsp3) is 0.500. The molecule has 2 rings (SSSR count). The van der Waals surface area contributed by atoms with Crippen molar-refractivity contribution in [3.05, 3.63) is 30.3 Å². The Bertz CT molecular complexity index is 360. The summed E-state index contributed by atoms with van der Waals surface area (Å²) in [7, 11) is 0. The van der Waals surface area contributed by atoms with Crippen LogP contribution in [-0.2, 0) is 9.53 Å². The van der Waals surface area contributed by atoms with Gasteiger partial charge in [0.1, 0.15) is 6.04 Å². The zero-order chi connectivity index (χ0) is 12.1. The van der Waals surface area contributed by atoms with Crippen LogP contribution in [0.15, 0.2) is 30.3 Å². The molecule has 0 radical (unpaired) electrons. The normalized spacial score (nSPS) is 17.0. The number of rotatable bonds is 5. The van der Waals surface area contributed by atoms with E-state index in [1.54, 1.807) is 0 Å². The highest BCUT2D eigenvalue weighted by Crippen LogP contribution is 2.26. The molecule has 0 unspecified atom stereocenters. The Kier molecular flexibility index (Phi) is 4.02. The monoisotopic (exact) mass is 233 g/mol. The average molecular weight is 233 g/mol. The van der Waals surface area contributed by atoms with Gasteiger partial charge in [-0.15, -0.1) is 0 Å². The van der Waals surface area contributed by atoms with Crippen LogP contribution in [0.25, 0.3) is 0 Å². The van der Waals surface area contributed by atoms with Crippen molar-refractivity contribution in [2.45, 2.75) is 32.2 Å². The first-order valence-electron chi connectivity index (χ1n) is 6.24. The summed E-state index contributed by atoms with van der Waals surface area (Å²) < 4.78 is 5.28. The van der Waals surface area contributed by atoms with Crippen molar-refractivity contribution in [1.29, 1.82) is 0 Å². The molecule has 0 aliphatic heterocycles. The minimum atomic E-state index is -0.294. The summed E-state index contributed by atoms with van der Waals surface area (Å²) in [4.78, 5) is 11.7. The highest BCUT2D eigenvalue weighted by molar-refractivity contribution is 5.78. The number of anilines is 1. The summed E-state index contributed by atoms with van der Waals surface area (Å²) in [5.41, 5.74) is 0.945. The zero-order valence-electron chi connectivity index (χ0n) is 10.2. The van der Waals surface area contributed by atoms with E-state index in [0.29, 0.717) is 12.5 Å². The van der Waals surface area contributed by atoms with E-state index in [-0.39, 0.29) is 12.0 Å². The molecule has 0 spiro atoms. The predicted octanol–water partition coefficient (Wildman–Crippen LogP) is 2.83. The van der Waals surface area contributed by atoms with Crippen molar-refractivity contribution in [1.82, 2.24) is 0 Å². The topological polar surface area (TPSA) is 38.3 Å². The SMILES string of the molecule is C[C@H](Nc1ccccc1)C(=O)OCC1CCC1. The van der Waals surface area contributed by atoms with Crippen LogP contribution in [0.2, 0.25) is 0 Å². The van der Waals surface area contributed by atoms with Crippen LogP contribution in [0.3, 0.4) is 0 Å². The first-order valence-corrected chi connectivity index (χ1v) is 6.24. The standard InChI is InChI=1S/C14H19NO2/c1-11(15-13-8-3-2-4-9-13)14(16)17-10-12-6-5-7-12/h2-4,8-9,11-12,15H,5-7,10H2,1H3/t11-/m0/s1. The molecule has 1 saturated carbocycles.